The zero-order chi connectivity index (χ0) is 26.0. The van der Waals surface area contributed by atoms with E-state index in [1.165, 1.54) is 12.1 Å². The average Bonchev–Trinajstić information content (AvgIpc) is 2.80. The molecule has 0 aliphatic carbocycles. The maximum absolute atomic E-state index is 14.3. The number of para-hydroxylation sites is 1. The summed E-state index contributed by atoms with van der Waals surface area (Å²) >= 11 is 6.56. The lowest BCUT2D eigenvalue weighted by Gasteiger charge is -2.38. The van der Waals surface area contributed by atoms with Gasteiger partial charge in [-0.3, -0.25) is 0 Å². The summed E-state index contributed by atoms with van der Waals surface area (Å²) in [5, 5.41) is 0.503. The van der Waals surface area contributed by atoms with Gasteiger partial charge in [-0.2, -0.15) is 0 Å². The second-order valence-corrected chi connectivity index (χ2v) is 9.83. The van der Waals surface area contributed by atoms with Crippen molar-refractivity contribution < 1.29 is 8.78 Å². The molecule has 0 unspecified atom stereocenters. The van der Waals surface area contributed by atoms with Gasteiger partial charge in [0.1, 0.15) is 23.3 Å². The van der Waals surface area contributed by atoms with Crippen LogP contribution in [0.4, 0.5) is 20.2 Å². The topological polar surface area (TPSA) is 31.2 Å². The molecule has 1 heterocycles. The standard InChI is InChI=1S/C29H31ClF2N4/c1-18-12-21(4)28(26(30)13-18)34-29(23-14-24(31)16-25(32)15-23)36-11-7-10-35(17-36)22(5)33-27-19(2)8-6-9-20(27)3/h6,8-9,12-16H,7,10-11,17H2,1-5H3/b33-22+,34-29+. The lowest BCUT2D eigenvalue weighted by Crippen LogP contribution is -2.49. The van der Waals surface area contributed by atoms with Crippen molar-refractivity contribution in [3.63, 3.8) is 0 Å². The van der Waals surface area contributed by atoms with Gasteiger partial charge in [-0.15, -0.1) is 0 Å². The molecule has 7 heteroatoms. The van der Waals surface area contributed by atoms with E-state index in [2.05, 4.69) is 30.9 Å². The molecule has 0 spiro atoms. The Bertz CT molecular complexity index is 1290. The Balaban J connectivity index is 1.75. The molecule has 0 atom stereocenters. The fourth-order valence-corrected chi connectivity index (χ4v) is 4.97. The molecule has 4 rings (SSSR count). The van der Waals surface area contributed by atoms with Crippen molar-refractivity contribution in [2.75, 3.05) is 19.8 Å². The highest BCUT2D eigenvalue weighted by atomic mass is 35.5. The molecule has 0 radical (unpaired) electrons. The number of hydrogen-bond acceptors (Lipinski definition) is 2. The van der Waals surface area contributed by atoms with Crippen molar-refractivity contribution in [2.24, 2.45) is 9.98 Å². The van der Waals surface area contributed by atoms with Crippen molar-refractivity contribution in [3.8, 4) is 0 Å². The lowest BCUT2D eigenvalue weighted by molar-refractivity contribution is 0.212. The van der Waals surface area contributed by atoms with Gasteiger partial charge in [-0.05, 0) is 81.5 Å². The van der Waals surface area contributed by atoms with E-state index in [9.17, 15) is 8.78 Å². The van der Waals surface area contributed by atoms with Gasteiger partial charge >= 0.3 is 0 Å². The Kier molecular flexibility index (Phi) is 7.74. The van der Waals surface area contributed by atoms with Crippen molar-refractivity contribution in [1.82, 2.24) is 9.80 Å². The largest absolute Gasteiger partial charge is 0.342 e. The summed E-state index contributed by atoms with van der Waals surface area (Å²) in [5.74, 6) is 0.0652. The van der Waals surface area contributed by atoms with Crippen LogP contribution < -0.4 is 0 Å². The number of amidine groups is 2. The van der Waals surface area contributed by atoms with Crippen LogP contribution in [0.5, 0.6) is 0 Å². The molecular formula is C29H31ClF2N4. The fraction of sp³-hybridized carbons (Fsp3) is 0.310. The van der Waals surface area contributed by atoms with Gasteiger partial charge in [0, 0.05) is 24.7 Å². The zero-order valence-corrected chi connectivity index (χ0v) is 22.1. The third-order valence-electron chi connectivity index (χ3n) is 6.40. The van der Waals surface area contributed by atoms with Crippen LogP contribution in [0.15, 0.2) is 58.5 Å². The highest BCUT2D eigenvalue weighted by Gasteiger charge is 2.24. The van der Waals surface area contributed by atoms with E-state index in [0.29, 0.717) is 35.3 Å². The number of aryl methyl sites for hydroxylation is 4. The molecule has 1 fully saturated rings. The molecule has 0 aromatic heterocycles. The van der Waals surface area contributed by atoms with Crippen LogP contribution in [0.25, 0.3) is 0 Å². The maximum Gasteiger partial charge on any atom is 0.138 e. The Labute approximate surface area is 216 Å². The zero-order valence-electron chi connectivity index (χ0n) is 21.4. The summed E-state index contributed by atoms with van der Waals surface area (Å²) in [5.41, 5.74) is 6.09. The SMILES string of the molecule is C/C(=N\c1c(C)cccc1C)N1CCCN(/C(=N/c2c(C)cc(C)cc2Cl)c2cc(F)cc(F)c2)C1. The molecule has 1 saturated heterocycles. The Morgan fingerprint density at radius 2 is 1.44 bits per heavy atom. The number of hydrogen-bond donors (Lipinski definition) is 0. The van der Waals surface area contributed by atoms with Crippen LogP contribution in [-0.2, 0) is 0 Å². The second kappa shape index (κ2) is 10.8. The predicted molar refractivity (Wildman–Crippen MR) is 145 cm³/mol. The Morgan fingerprint density at radius 3 is 2.08 bits per heavy atom. The summed E-state index contributed by atoms with van der Waals surface area (Å²) in [6, 6.07) is 13.5. The van der Waals surface area contributed by atoms with Gasteiger partial charge in [0.05, 0.1) is 23.1 Å². The Morgan fingerprint density at radius 1 is 0.806 bits per heavy atom. The van der Waals surface area contributed by atoms with Crippen molar-refractivity contribution >= 4 is 34.6 Å². The van der Waals surface area contributed by atoms with Crippen LogP contribution in [0, 0.1) is 39.3 Å². The highest BCUT2D eigenvalue weighted by Crippen LogP contribution is 2.32. The fourth-order valence-electron chi connectivity index (χ4n) is 4.61. The molecule has 3 aromatic carbocycles. The summed E-state index contributed by atoms with van der Waals surface area (Å²) in [4.78, 5) is 14.0. The highest BCUT2D eigenvalue weighted by molar-refractivity contribution is 6.33. The van der Waals surface area contributed by atoms with E-state index in [-0.39, 0.29) is 0 Å². The van der Waals surface area contributed by atoms with Gasteiger partial charge in [-0.25, -0.2) is 18.8 Å². The number of benzene rings is 3. The van der Waals surface area contributed by atoms with Crippen molar-refractivity contribution in [3.05, 3.63) is 93.0 Å². The normalized spacial score (nSPS) is 15.0. The Hall–Kier alpha value is -3.25. The molecule has 3 aromatic rings. The van der Waals surface area contributed by atoms with Crippen molar-refractivity contribution in [2.45, 2.75) is 41.0 Å². The number of rotatable bonds is 3. The van der Waals surface area contributed by atoms with Gasteiger partial charge in [0.25, 0.3) is 0 Å². The third kappa shape index (κ3) is 5.76. The molecule has 4 nitrogen and oxygen atoms in total. The van der Waals surface area contributed by atoms with Crippen LogP contribution in [0.1, 0.15) is 41.2 Å². The molecule has 0 saturated carbocycles. The van der Waals surface area contributed by atoms with Gasteiger partial charge in [-0.1, -0.05) is 35.9 Å². The minimum Gasteiger partial charge on any atom is -0.342 e. The first-order chi connectivity index (χ1) is 17.1. The minimum absolute atomic E-state index is 0.370. The molecule has 1 aliphatic heterocycles. The molecule has 36 heavy (non-hydrogen) atoms. The van der Waals surface area contributed by atoms with Gasteiger partial charge in [0.15, 0.2) is 0 Å². The summed E-state index contributed by atoms with van der Waals surface area (Å²) in [7, 11) is 0. The molecule has 0 N–H and O–H groups in total. The second-order valence-electron chi connectivity index (χ2n) is 9.43. The van der Waals surface area contributed by atoms with Gasteiger partial charge in [0.2, 0.25) is 0 Å². The molecule has 0 bridgehead atoms. The van der Waals surface area contributed by atoms with E-state index >= 15 is 0 Å². The van der Waals surface area contributed by atoms with Crippen LogP contribution >= 0.6 is 11.6 Å². The number of nitrogens with zero attached hydrogens (tertiary/aromatic N) is 4. The molecular weight excluding hydrogens is 478 g/mol. The number of halogens is 3. The molecule has 1 aliphatic rings. The monoisotopic (exact) mass is 508 g/mol. The molecule has 0 amide bonds. The summed E-state index contributed by atoms with van der Waals surface area (Å²) in [6.07, 6.45) is 0.844. The van der Waals surface area contributed by atoms with E-state index in [0.717, 1.165) is 52.8 Å². The summed E-state index contributed by atoms with van der Waals surface area (Å²) < 4.78 is 28.5. The first-order valence-electron chi connectivity index (χ1n) is 12.1. The van der Waals surface area contributed by atoms with E-state index in [1.807, 2.05) is 43.9 Å². The van der Waals surface area contributed by atoms with E-state index in [1.54, 1.807) is 0 Å². The van der Waals surface area contributed by atoms with Crippen molar-refractivity contribution in [1.29, 1.82) is 0 Å². The third-order valence-corrected chi connectivity index (χ3v) is 6.69. The first kappa shape index (κ1) is 25.8. The van der Waals surface area contributed by atoms with Crippen LogP contribution in [0.3, 0.4) is 0 Å². The van der Waals surface area contributed by atoms with E-state index in [4.69, 9.17) is 21.6 Å². The van der Waals surface area contributed by atoms with E-state index < -0.39 is 11.6 Å². The molecule has 188 valence electrons. The maximum atomic E-state index is 14.3. The van der Waals surface area contributed by atoms with Gasteiger partial charge < -0.3 is 9.80 Å². The predicted octanol–water partition coefficient (Wildman–Crippen LogP) is 7.65. The minimum atomic E-state index is -0.647. The number of aliphatic imine (C=N–C) groups is 2. The van der Waals surface area contributed by atoms with Crippen LogP contribution in [-0.4, -0.2) is 41.2 Å². The first-order valence-corrected chi connectivity index (χ1v) is 12.4. The summed E-state index contributed by atoms with van der Waals surface area (Å²) in [6.45, 7) is 12.0. The average molecular weight is 509 g/mol. The van der Waals surface area contributed by atoms with Crippen LogP contribution in [0.2, 0.25) is 5.02 Å². The quantitative estimate of drug-likeness (QED) is 0.269. The lowest BCUT2D eigenvalue weighted by atomic mass is 10.1. The smallest absolute Gasteiger partial charge is 0.138 e.